The van der Waals surface area contributed by atoms with Crippen LogP contribution in [-0.2, 0) is 44.1 Å². The Kier molecular flexibility index (Phi) is 9.21. The lowest BCUT2D eigenvalue weighted by atomic mass is 10.0. The fraction of sp³-hybridized carbons (Fsp3) is 0.593. The van der Waals surface area contributed by atoms with Gasteiger partial charge in [-0.1, -0.05) is 29.5 Å². The molecule has 4 heterocycles. The van der Waals surface area contributed by atoms with Gasteiger partial charge in [0.2, 0.25) is 10.0 Å². The second-order valence-electron chi connectivity index (χ2n) is 10.6. The number of fused-ring (bicyclic) bond motifs is 1. The number of benzene rings is 1. The molecule has 2 fully saturated rings. The highest BCUT2D eigenvalue weighted by Gasteiger charge is 2.30. The number of hydrogen-bond acceptors (Lipinski definition) is 8. The molecule has 5 rings (SSSR count). The van der Waals surface area contributed by atoms with Gasteiger partial charge >= 0.3 is 0 Å². The number of aryl methyl sites for hydroxylation is 1. The monoisotopic (exact) mass is 609 g/mol. The SMILES string of the molecule is CS(=O)(=O)N1CCc2c(c(-c3ccc(Cl)c(C#CCN4CCS(=O)(=O)CC4)c3)nn2CCCN2CCOCC2)C1. The molecule has 0 atom stereocenters. The molecule has 2 aromatic rings. The molecule has 0 radical (unpaired) electrons. The fourth-order valence-corrected chi connectivity index (χ4v) is 7.59. The average Bonchev–Trinajstić information content (AvgIpc) is 3.29. The Morgan fingerprint density at radius 3 is 2.52 bits per heavy atom. The maximum absolute atomic E-state index is 12.4. The molecular weight excluding hydrogens is 574 g/mol. The second-order valence-corrected chi connectivity index (χ2v) is 15.3. The minimum Gasteiger partial charge on any atom is -0.379 e. The summed E-state index contributed by atoms with van der Waals surface area (Å²) in [6, 6.07) is 5.62. The van der Waals surface area contributed by atoms with Crippen molar-refractivity contribution in [1.29, 1.82) is 0 Å². The summed E-state index contributed by atoms with van der Waals surface area (Å²) in [5, 5.41) is 5.52. The molecule has 218 valence electrons. The van der Waals surface area contributed by atoms with E-state index in [1.807, 2.05) is 17.0 Å². The quantitative estimate of drug-likeness (QED) is 0.433. The van der Waals surface area contributed by atoms with Crippen LogP contribution in [0.1, 0.15) is 23.2 Å². The van der Waals surface area contributed by atoms with Crippen LogP contribution in [0.25, 0.3) is 11.3 Å². The summed E-state index contributed by atoms with van der Waals surface area (Å²) in [4.78, 5) is 4.43. The van der Waals surface area contributed by atoms with E-state index in [4.69, 9.17) is 21.4 Å². The number of aromatic nitrogens is 2. The van der Waals surface area contributed by atoms with Gasteiger partial charge in [-0.25, -0.2) is 16.8 Å². The van der Waals surface area contributed by atoms with Crippen molar-refractivity contribution in [3.05, 3.63) is 40.0 Å². The lowest BCUT2D eigenvalue weighted by molar-refractivity contribution is 0.0368. The van der Waals surface area contributed by atoms with Gasteiger partial charge < -0.3 is 4.74 Å². The molecule has 0 aliphatic carbocycles. The summed E-state index contributed by atoms with van der Waals surface area (Å²) < 4.78 is 57.2. The van der Waals surface area contributed by atoms with Gasteiger partial charge in [-0.2, -0.15) is 9.40 Å². The van der Waals surface area contributed by atoms with Gasteiger partial charge in [0.05, 0.1) is 48.2 Å². The third-order valence-electron chi connectivity index (χ3n) is 7.72. The van der Waals surface area contributed by atoms with Crippen molar-refractivity contribution in [3.63, 3.8) is 0 Å². The van der Waals surface area contributed by atoms with Crippen LogP contribution in [0.4, 0.5) is 0 Å². The second kappa shape index (κ2) is 12.5. The van der Waals surface area contributed by atoms with Gasteiger partial charge in [0.1, 0.15) is 0 Å². The first-order chi connectivity index (χ1) is 19.1. The smallest absolute Gasteiger partial charge is 0.211 e. The first kappa shape index (κ1) is 29.5. The maximum atomic E-state index is 12.4. The number of morpholine rings is 1. The lowest BCUT2D eigenvalue weighted by Gasteiger charge is -2.27. The predicted molar refractivity (Wildman–Crippen MR) is 155 cm³/mol. The number of ether oxygens (including phenoxy) is 1. The Morgan fingerprint density at radius 2 is 1.80 bits per heavy atom. The minimum atomic E-state index is -3.34. The summed E-state index contributed by atoms with van der Waals surface area (Å²) in [6.07, 6.45) is 2.80. The molecule has 0 N–H and O–H groups in total. The Morgan fingerprint density at radius 1 is 1.05 bits per heavy atom. The van der Waals surface area contributed by atoms with E-state index in [9.17, 15) is 16.8 Å². The van der Waals surface area contributed by atoms with Crippen molar-refractivity contribution in [2.45, 2.75) is 25.9 Å². The van der Waals surface area contributed by atoms with Crippen molar-refractivity contribution < 1.29 is 21.6 Å². The molecular formula is C27H36ClN5O5S2. The summed E-state index contributed by atoms with van der Waals surface area (Å²) in [7, 11) is -6.28. The van der Waals surface area contributed by atoms with Crippen LogP contribution in [0.2, 0.25) is 5.02 Å². The van der Waals surface area contributed by atoms with Gasteiger partial charge in [-0.15, -0.1) is 0 Å². The maximum Gasteiger partial charge on any atom is 0.211 e. The highest BCUT2D eigenvalue weighted by molar-refractivity contribution is 7.91. The summed E-state index contributed by atoms with van der Waals surface area (Å²) in [5.41, 5.74) is 4.28. The molecule has 10 nitrogen and oxygen atoms in total. The van der Waals surface area contributed by atoms with Gasteiger partial charge in [-0.3, -0.25) is 14.5 Å². The zero-order chi connectivity index (χ0) is 28.3. The number of hydrogen-bond donors (Lipinski definition) is 0. The third kappa shape index (κ3) is 7.26. The third-order valence-corrected chi connectivity index (χ3v) is 10.9. The summed E-state index contributed by atoms with van der Waals surface area (Å²) in [5.74, 6) is 6.62. The predicted octanol–water partition coefficient (Wildman–Crippen LogP) is 1.33. The molecule has 3 aliphatic rings. The topological polar surface area (TPSA) is 105 Å². The van der Waals surface area contributed by atoms with E-state index in [-0.39, 0.29) is 18.1 Å². The molecule has 1 aromatic heterocycles. The van der Waals surface area contributed by atoms with Crippen molar-refractivity contribution in [1.82, 2.24) is 23.9 Å². The molecule has 13 heteroatoms. The molecule has 0 unspecified atom stereocenters. The number of rotatable bonds is 7. The normalized spacial score (nSPS) is 20.6. The fourth-order valence-electron chi connectivity index (χ4n) is 5.36. The minimum absolute atomic E-state index is 0.162. The van der Waals surface area contributed by atoms with Crippen molar-refractivity contribution in [2.24, 2.45) is 0 Å². The molecule has 0 amide bonds. The first-order valence-electron chi connectivity index (χ1n) is 13.6. The largest absolute Gasteiger partial charge is 0.379 e. The van der Waals surface area contributed by atoms with Crippen molar-refractivity contribution in [3.8, 4) is 23.1 Å². The molecule has 3 aliphatic heterocycles. The van der Waals surface area contributed by atoms with Crippen LogP contribution in [0.3, 0.4) is 0 Å². The Labute approximate surface area is 242 Å². The Bertz CT molecular complexity index is 1490. The molecule has 0 saturated carbocycles. The van der Waals surface area contributed by atoms with E-state index < -0.39 is 19.9 Å². The van der Waals surface area contributed by atoms with E-state index in [0.29, 0.717) is 43.2 Å². The molecule has 0 spiro atoms. The first-order valence-corrected chi connectivity index (χ1v) is 17.7. The van der Waals surface area contributed by atoms with E-state index >= 15 is 0 Å². The van der Waals surface area contributed by atoms with E-state index in [0.717, 1.165) is 68.3 Å². The van der Waals surface area contributed by atoms with Crippen molar-refractivity contribution in [2.75, 3.05) is 76.8 Å². The van der Waals surface area contributed by atoms with Crippen LogP contribution in [0.5, 0.6) is 0 Å². The van der Waals surface area contributed by atoms with Crippen LogP contribution in [0, 0.1) is 11.8 Å². The Balaban J connectivity index is 1.37. The molecule has 40 heavy (non-hydrogen) atoms. The zero-order valence-electron chi connectivity index (χ0n) is 22.8. The number of nitrogens with zero attached hydrogens (tertiary/aromatic N) is 5. The van der Waals surface area contributed by atoms with Crippen LogP contribution < -0.4 is 0 Å². The Hall–Kier alpha value is -1.98. The van der Waals surface area contributed by atoms with E-state index in [1.165, 1.54) is 10.6 Å². The zero-order valence-corrected chi connectivity index (χ0v) is 25.2. The summed E-state index contributed by atoms with van der Waals surface area (Å²) in [6.45, 7) is 7.30. The lowest BCUT2D eigenvalue weighted by Crippen LogP contribution is -2.40. The number of sulfonamides is 1. The standard InChI is InChI=1S/C27H36ClN5O5S2/c1-39(34,35)32-11-7-26-24(21-32)27(29-33(26)10-3-9-30-12-16-38-17-13-30)23-5-6-25(28)22(20-23)4-2-8-31-14-18-40(36,37)19-15-31/h5-6,20H,3,7-19,21H2,1H3. The summed E-state index contributed by atoms with van der Waals surface area (Å²) >= 11 is 6.49. The van der Waals surface area contributed by atoms with E-state index in [1.54, 1.807) is 6.07 Å². The molecule has 1 aromatic carbocycles. The van der Waals surface area contributed by atoms with E-state index in [2.05, 4.69) is 21.4 Å². The van der Waals surface area contributed by atoms with Gasteiger partial charge in [0.25, 0.3) is 0 Å². The van der Waals surface area contributed by atoms with Crippen LogP contribution in [0.15, 0.2) is 18.2 Å². The highest BCUT2D eigenvalue weighted by Crippen LogP contribution is 2.33. The van der Waals surface area contributed by atoms with Gasteiger partial charge in [0, 0.05) is 81.2 Å². The molecule has 2 saturated heterocycles. The number of sulfone groups is 1. The van der Waals surface area contributed by atoms with Crippen LogP contribution >= 0.6 is 11.6 Å². The highest BCUT2D eigenvalue weighted by atomic mass is 35.5. The van der Waals surface area contributed by atoms with Crippen LogP contribution in [-0.4, -0.2) is 118 Å². The van der Waals surface area contributed by atoms with Gasteiger partial charge in [-0.05, 0) is 18.6 Å². The van der Waals surface area contributed by atoms with Gasteiger partial charge in [0.15, 0.2) is 9.84 Å². The number of halogens is 1. The average molecular weight is 610 g/mol. The van der Waals surface area contributed by atoms with Crippen molar-refractivity contribution >= 4 is 31.5 Å². The molecule has 0 bridgehead atoms.